The number of methoxy groups -OCH3 is 1. The van der Waals surface area contributed by atoms with Crippen molar-refractivity contribution in [3.8, 4) is 5.75 Å². The first-order chi connectivity index (χ1) is 14.2. The number of hydrogen-bond acceptors (Lipinski definition) is 6. The molecule has 0 radical (unpaired) electrons. The van der Waals surface area contributed by atoms with E-state index in [1.807, 2.05) is 23.7 Å². The van der Waals surface area contributed by atoms with Gasteiger partial charge in [0.1, 0.15) is 5.75 Å². The Hall–Kier alpha value is -1.59. The van der Waals surface area contributed by atoms with E-state index in [0.717, 1.165) is 50.1 Å². The standard InChI is InChI=1S/C21H32N6OS.HI/c1-4-25(5-2)19(17-7-6-8-18(15-17)28-3)16-24-20(22)26-10-12-27(13-11-26)21-23-9-14-29-21;/h6-9,14-15,19H,4-5,10-13,16H2,1-3H3,(H2,22,24);1H. The topological polar surface area (TPSA) is 70.2 Å². The van der Waals surface area contributed by atoms with Gasteiger partial charge in [-0.3, -0.25) is 9.89 Å². The minimum Gasteiger partial charge on any atom is -0.497 e. The van der Waals surface area contributed by atoms with E-state index in [1.165, 1.54) is 5.56 Å². The van der Waals surface area contributed by atoms with E-state index < -0.39 is 0 Å². The molecular weight excluding hydrogens is 511 g/mol. The highest BCUT2D eigenvalue weighted by Crippen LogP contribution is 2.25. The lowest BCUT2D eigenvalue weighted by molar-refractivity contribution is 0.223. The zero-order valence-electron chi connectivity index (χ0n) is 18.0. The molecule has 0 spiro atoms. The van der Waals surface area contributed by atoms with Crippen LogP contribution in [-0.2, 0) is 0 Å². The summed E-state index contributed by atoms with van der Waals surface area (Å²) in [7, 11) is 1.70. The molecule has 0 amide bonds. The van der Waals surface area contributed by atoms with Crippen molar-refractivity contribution in [2.24, 2.45) is 10.7 Å². The summed E-state index contributed by atoms with van der Waals surface area (Å²) in [6.45, 7) is 10.5. The van der Waals surface area contributed by atoms with Crippen LogP contribution < -0.4 is 15.4 Å². The Labute approximate surface area is 200 Å². The fraction of sp³-hybridized carbons (Fsp3) is 0.524. The largest absolute Gasteiger partial charge is 0.497 e. The molecule has 1 unspecified atom stereocenters. The Bertz CT molecular complexity index is 776. The molecule has 0 saturated carbocycles. The van der Waals surface area contributed by atoms with Gasteiger partial charge in [0.2, 0.25) is 0 Å². The molecule has 2 heterocycles. The van der Waals surface area contributed by atoms with Gasteiger partial charge in [0.25, 0.3) is 0 Å². The lowest BCUT2D eigenvalue weighted by Gasteiger charge is -2.35. The molecule has 2 aromatic rings. The number of aliphatic imine (C=N–C) groups is 1. The molecule has 9 heteroatoms. The number of aromatic nitrogens is 1. The van der Waals surface area contributed by atoms with Crippen molar-refractivity contribution < 1.29 is 4.74 Å². The van der Waals surface area contributed by atoms with Crippen LogP contribution in [0.3, 0.4) is 0 Å². The molecule has 1 aliphatic heterocycles. The summed E-state index contributed by atoms with van der Waals surface area (Å²) in [6.07, 6.45) is 1.86. The van der Waals surface area contributed by atoms with E-state index >= 15 is 0 Å². The molecule has 0 bridgehead atoms. The Morgan fingerprint density at radius 1 is 1.27 bits per heavy atom. The lowest BCUT2D eigenvalue weighted by Crippen LogP contribution is -2.51. The maximum atomic E-state index is 6.38. The molecule has 1 atom stereocenters. The Balaban J connectivity index is 0.00000320. The maximum Gasteiger partial charge on any atom is 0.191 e. The van der Waals surface area contributed by atoms with Gasteiger partial charge in [-0.05, 0) is 30.8 Å². The van der Waals surface area contributed by atoms with Crippen LogP contribution in [0.25, 0.3) is 0 Å². The van der Waals surface area contributed by atoms with Gasteiger partial charge in [0, 0.05) is 37.8 Å². The van der Waals surface area contributed by atoms with Crippen molar-refractivity contribution in [2.45, 2.75) is 19.9 Å². The van der Waals surface area contributed by atoms with E-state index in [1.54, 1.807) is 18.4 Å². The summed E-state index contributed by atoms with van der Waals surface area (Å²) in [6, 6.07) is 8.43. The average molecular weight is 545 g/mol. The molecule has 30 heavy (non-hydrogen) atoms. The highest BCUT2D eigenvalue weighted by Gasteiger charge is 2.22. The van der Waals surface area contributed by atoms with Crippen LogP contribution in [0, 0.1) is 0 Å². The van der Waals surface area contributed by atoms with Crippen LogP contribution in [0.4, 0.5) is 5.13 Å². The van der Waals surface area contributed by atoms with Crippen molar-refractivity contribution in [3.63, 3.8) is 0 Å². The first-order valence-corrected chi connectivity index (χ1v) is 11.1. The molecule has 1 saturated heterocycles. The SMILES string of the molecule is CCN(CC)C(CN=C(N)N1CCN(c2nccs2)CC1)c1cccc(OC)c1.I. The number of nitrogens with two attached hydrogens (primary N) is 1. The number of anilines is 1. The Morgan fingerprint density at radius 3 is 2.60 bits per heavy atom. The normalized spacial score (nSPS) is 15.8. The predicted octanol–water partition coefficient (Wildman–Crippen LogP) is 3.29. The monoisotopic (exact) mass is 544 g/mol. The highest BCUT2D eigenvalue weighted by molar-refractivity contribution is 14.0. The number of piperazine rings is 1. The highest BCUT2D eigenvalue weighted by atomic mass is 127. The van der Waals surface area contributed by atoms with E-state index in [9.17, 15) is 0 Å². The summed E-state index contributed by atoms with van der Waals surface area (Å²) >= 11 is 1.68. The number of hydrogen-bond donors (Lipinski definition) is 1. The maximum absolute atomic E-state index is 6.38. The van der Waals surface area contributed by atoms with Gasteiger partial charge in [-0.1, -0.05) is 26.0 Å². The van der Waals surface area contributed by atoms with Crippen molar-refractivity contribution in [1.29, 1.82) is 0 Å². The smallest absolute Gasteiger partial charge is 0.191 e. The van der Waals surface area contributed by atoms with Gasteiger partial charge in [0.15, 0.2) is 11.1 Å². The third-order valence-electron chi connectivity index (χ3n) is 5.45. The van der Waals surface area contributed by atoms with Crippen LogP contribution in [-0.4, -0.2) is 73.7 Å². The number of benzene rings is 1. The molecule has 0 aliphatic carbocycles. The first-order valence-electron chi connectivity index (χ1n) is 10.2. The van der Waals surface area contributed by atoms with Crippen LogP contribution >= 0.6 is 35.3 Å². The quantitative estimate of drug-likeness (QED) is 0.313. The van der Waals surface area contributed by atoms with Crippen molar-refractivity contribution in [2.75, 3.05) is 57.8 Å². The zero-order chi connectivity index (χ0) is 20.6. The molecule has 2 N–H and O–H groups in total. The van der Waals surface area contributed by atoms with Gasteiger partial charge >= 0.3 is 0 Å². The number of nitrogens with zero attached hydrogens (tertiary/aromatic N) is 5. The second-order valence-electron chi connectivity index (χ2n) is 7.00. The van der Waals surface area contributed by atoms with Gasteiger partial charge < -0.3 is 20.3 Å². The number of halogens is 1. The number of guanidine groups is 1. The molecule has 1 aromatic heterocycles. The molecule has 1 aromatic carbocycles. The number of rotatable bonds is 8. The number of thiazole rings is 1. The minimum absolute atomic E-state index is 0. The number of likely N-dealkylation sites (N-methyl/N-ethyl adjacent to an activating group) is 1. The minimum atomic E-state index is 0. The van der Waals surface area contributed by atoms with E-state index in [0.29, 0.717) is 12.5 Å². The van der Waals surface area contributed by atoms with E-state index in [-0.39, 0.29) is 30.0 Å². The van der Waals surface area contributed by atoms with Gasteiger partial charge in [-0.2, -0.15) is 0 Å². The third-order valence-corrected chi connectivity index (χ3v) is 6.28. The fourth-order valence-corrected chi connectivity index (χ4v) is 4.42. The lowest BCUT2D eigenvalue weighted by atomic mass is 10.0. The van der Waals surface area contributed by atoms with E-state index in [4.69, 9.17) is 15.5 Å². The van der Waals surface area contributed by atoms with Gasteiger partial charge in [-0.15, -0.1) is 35.3 Å². The van der Waals surface area contributed by atoms with Crippen LogP contribution in [0.15, 0.2) is 40.8 Å². The molecular formula is C21H33IN6OS. The summed E-state index contributed by atoms with van der Waals surface area (Å²) in [5.74, 6) is 1.50. The van der Waals surface area contributed by atoms with Crippen LogP contribution in [0.2, 0.25) is 0 Å². The molecule has 1 fully saturated rings. The van der Waals surface area contributed by atoms with Gasteiger partial charge in [0.05, 0.1) is 19.7 Å². The summed E-state index contributed by atoms with van der Waals surface area (Å²) in [4.78, 5) is 16.1. The average Bonchev–Trinajstić information content (AvgIpc) is 3.31. The van der Waals surface area contributed by atoms with Gasteiger partial charge in [-0.25, -0.2) is 4.98 Å². The fourth-order valence-electron chi connectivity index (χ4n) is 3.72. The Kier molecular flexibility index (Phi) is 10.1. The second kappa shape index (κ2) is 12.3. The zero-order valence-corrected chi connectivity index (χ0v) is 21.2. The van der Waals surface area contributed by atoms with E-state index in [2.05, 4.69) is 45.7 Å². The van der Waals surface area contributed by atoms with Crippen molar-refractivity contribution >= 4 is 46.4 Å². The molecule has 1 aliphatic rings. The molecule has 7 nitrogen and oxygen atoms in total. The summed E-state index contributed by atoms with van der Waals surface area (Å²) < 4.78 is 5.42. The van der Waals surface area contributed by atoms with Crippen molar-refractivity contribution in [3.05, 3.63) is 41.4 Å². The van der Waals surface area contributed by atoms with Crippen LogP contribution in [0.1, 0.15) is 25.5 Å². The Morgan fingerprint density at radius 2 is 2.00 bits per heavy atom. The molecule has 166 valence electrons. The second-order valence-corrected chi connectivity index (χ2v) is 7.87. The summed E-state index contributed by atoms with van der Waals surface area (Å²) in [5.41, 5.74) is 7.59. The first kappa shape index (κ1) is 24.7. The van der Waals surface area contributed by atoms with Crippen LogP contribution in [0.5, 0.6) is 5.75 Å². The molecule has 3 rings (SSSR count). The predicted molar refractivity (Wildman–Crippen MR) is 136 cm³/mol. The summed E-state index contributed by atoms with van der Waals surface area (Å²) in [5, 5.41) is 3.10. The van der Waals surface area contributed by atoms with Crippen molar-refractivity contribution in [1.82, 2.24) is 14.8 Å². The number of ether oxygens (including phenoxy) is 1. The third kappa shape index (κ3) is 6.21.